The summed E-state index contributed by atoms with van der Waals surface area (Å²) in [5.74, 6) is -2.38. The van der Waals surface area contributed by atoms with Crippen molar-refractivity contribution < 1.29 is 19.5 Å². The third-order valence-electron chi connectivity index (χ3n) is 6.50. The Kier molecular flexibility index (Phi) is 5.71. The van der Waals surface area contributed by atoms with Gasteiger partial charge in [-0.3, -0.25) is 14.4 Å². The van der Waals surface area contributed by atoms with E-state index in [9.17, 15) is 19.5 Å². The Labute approximate surface area is 169 Å². The lowest BCUT2D eigenvalue weighted by atomic mass is 9.79. The normalized spacial score (nSPS) is 24.7. The van der Waals surface area contributed by atoms with Gasteiger partial charge >= 0.3 is 5.97 Å². The third-order valence-corrected chi connectivity index (χ3v) is 7.70. The van der Waals surface area contributed by atoms with Gasteiger partial charge in [0.2, 0.25) is 5.91 Å². The van der Waals surface area contributed by atoms with Gasteiger partial charge in [-0.15, -0.1) is 11.3 Å². The van der Waals surface area contributed by atoms with Gasteiger partial charge in [0.05, 0.1) is 17.4 Å². The van der Waals surface area contributed by atoms with Crippen LogP contribution >= 0.6 is 11.3 Å². The van der Waals surface area contributed by atoms with Crippen molar-refractivity contribution >= 4 is 34.1 Å². The van der Waals surface area contributed by atoms with Gasteiger partial charge in [0.15, 0.2) is 0 Å². The molecular weight excluding hydrogens is 376 g/mol. The Balaban J connectivity index is 1.54. The second-order valence-electron chi connectivity index (χ2n) is 8.34. The highest BCUT2D eigenvalue weighted by atomic mass is 32.1. The average molecular weight is 405 g/mol. The van der Waals surface area contributed by atoms with Crippen LogP contribution in [-0.2, 0) is 22.4 Å². The number of carboxylic acid groups (broad SMARTS) is 1. The van der Waals surface area contributed by atoms with Crippen molar-refractivity contribution in [2.75, 3.05) is 5.32 Å². The van der Waals surface area contributed by atoms with Crippen LogP contribution in [0.4, 0.5) is 5.00 Å². The summed E-state index contributed by atoms with van der Waals surface area (Å²) in [7, 11) is 0. The second kappa shape index (κ2) is 8.23. The van der Waals surface area contributed by atoms with Gasteiger partial charge in [0.25, 0.3) is 5.91 Å². The molecule has 1 aromatic heterocycles. The van der Waals surface area contributed by atoms with E-state index in [0.717, 1.165) is 63.4 Å². The van der Waals surface area contributed by atoms with Gasteiger partial charge in [-0.05, 0) is 50.5 Å². The van der Waals surface area contributed by atoms with Crippen molar-refractivity contribution in [2.45, 2.75) is 76.7 Å². The molecular formula is C21H28N2O4S. The molecule has 3 N–H and O–H groups in total. The van der Waals surface area contributed by atoms with Crippen molar-refractivity contribution in [1.82, 2.24) is 5.32 Å². The Morgan fingerprint density at radius 1 is 0.893 bits per heavy atom. The van der Waals surface area contributed by atoms with E-state index in [2.05, 4.69) is 10.6 Å². The predicted molar refractivity (Wildman–Crippen MR) is 108 cm³/mol. The van der Waals surface area contributed by atoms with Crippen molar-refractivity contribution in [3.63, 3.8) is 0 Å². The highest BCUT2D eigenvalue weighted by molar-refractivity contribution is 7.17. The van der Waals surface area contributed by atoms with E-state index >= 15 is 0 Å². The van der Waals surface area contributed by atoms with E-state index in [4.69, 9.17) is 0 Å². The average Bonchev–Trinajstić information content (AvgIpc) is 3.39. The van der Waals surface area contributed by atoms with E-state index in [-0.39, 0.29) is 17.9 Å². The number of aryl methyl sites for hydroxylation is 1. The van der Waals surface area contributed by atoms with Crippen molar-refractivity contribution in [3.05, 3.63) is 16.0 Å². The van der Waals surface area contributed by atoms with Gasteiger partial charge in [-0.1, -0.05) is 25.7 Å². The van der Waals surface area contributed by atoms with Crippen LogP contribution < -0.4 is 10.6 Å². The third kappa shape index (κ3) is 3.81. The first-order valence-corrected chi connectivity index (χ1v) is 11.4. The van der Waals surface area contributed by atoms with E-state index in [1.165, 1.54) is 16.2 Å². The molecule has 2 amide bonds. The van der Waals surface area contributed by atoms with Gasteiger partial charge in [-0.25, -0.2) is 0 Å². The minimum absolute atomic E-state index is 0.0833. The molecule has 2 atom stereocenters. The summed E-state index contributed by atoms with van der Waals surface area (Å²) in [6.45, 7) is 0. The summed E-state index contributed by atoms with van der Waals surface area (Å²) in [5.41, 5.74) is 1.70. The lowest BCUT2D eigenvalue weighted by Gasteiger charge is -2.27. The number of anilines is 1. The SMILES string of the molecule is O=C(NC1CCCC1)c1c(NC(=O)[C@@H]2CCCC[C@@H]2C(=O)O)sc2c1CCC2. The Morgan fingerprint density at radius 2 is 1.57 bits per heavy atom. The van der Waals surface area contributed by atoms with Gasteiger partial charge in [-0.2, -0.15) is 0 Å². The number of carboxylic acids is 1. The molecule has 4 rings (SSSR count). The molecule has 152 valence electrons. The number of carbonyl (C=O) groups is 3. The van der Waals surface area contributed by atoms with Crippen molar-refractivity contribution in [2.24, 2.45) is 11.8 Å². The van der Waals surface area contributed by atoms with E-state index in [1.54, 1.807) is 0 Å². The fraction of sp³-hybridized carbons (Fsp3) is 0.667. The first-order chi connectivity index (χ1) is 13.5. The number of carbonyl (C=O) groups excluding carboxylic acids is 2. The monoisotopic (exact) mass is 404 g/mol. The van der Waals surface area contributed by atoms with Crippen LogP contribution in [0.3, 0.4) is 0 Å². The molecule has 3 aliphatic carbocycles. The van der Waals surface area contributed by atoms with E-state index in [1.807, 2.05) is 0 Å². The summed E-state index contributed by atoms with van der Waals surface area (Å²) in [6, 6.07) is 0.225. The largest absolute Gasteiger partial charge is 0.481 e. The fourth-order valence-electron chi connectivity index (χ4n) is 5.01. The minimum Gasteiger partial charge on any atom is -0.481 e. The molecule has 2 saturated carbocycles. The molecule has 0 radical (unpaired) electrons. The molecule has 6 nitrogen and oxygen atoms in total. The van der Waals surface area contributed by atoms with Crippen LogP contribution in [0.15, 0.2) is 0 Å². The second-order valence-corrected chi connectivity index (χ2v) is 9.45. The summed E-state index contributed by atoms with van der Waals surface area (Å²) in [5, 5.41) is 16.2. The number of aliphatic carboxylic acids is 1. The van der Waals surface area contributed by atoms with Crippen LogP contribution in [0, 0.1) is 11.8 Å². The molecule has 0 spiro atoms. The number of hydrogen-bond acceptors (Lipinski definition) is 4. The van der Waals surface area contributed by atoms with Gasteiger partial charge in [0.1, 0.15) is 5.00 Å². The van der Waals surface area contributed by atoms with Gasteiger partial charge < -0.3 is 15.7 Å². The van der Waals surface area contributed by atoms with E-state index in [0.29, 0.717) is 23.4 Å². The number of fused-ring (bicyclic) bond motifs is 1. The number of hydrogen-bond donors (Lipinski definition) is 3. The molecule has 28 heavy (non-hydrogen) atoms. The zero-order valence-corrected chi connectivity index (χ0v) is 16.9. The maximum Gasteiger partial charge on any atom is 0.307 e. The molecule has 3 aliphatic rings. The molecule has 0 bridgehead atoms. The highest BCUT2D eigenvalue weighted by Crippen LogP contribution is 2.40. The zero-order valence-electron chi connectivity index (χ0n) is 16.1. The summed E-state index contributed by atoms with van der Waals surface area (Å²) < 4.78 is 0. The summed E-state index contributed by atoms with van der Waals surface area (Å²) in [4.78, 5) is 38.7. The topological polar surface area (TPSA) is 95.5 Å². The number of rotatable bonds is 5. The molecule has 7 heteroatoms. The minimum atomic E-state index is -0.896. The number of nitrogens with one attached hydrogen (secondary N) is 2. The number of amides is 2. The van der Waals surface area contributed by atoms with Crippen LogP contribution in [0.5, 0.6) is 0 Å². The van der Waals surface area contributed by atoms with Crippen molar-refractivity contribution in [3.8, 4) is 0 Å². The smallest absolute Gasteiger partial charge is 0.307 e. The maximum absolute atomic E-state index is 13.0. The zero-order chi connectivity index (χ0) is 19.7. The molecule has 1 aromatic rings. The van der Waals surface area contributed by atoms with Crippen molar-refractivity contribution in [1.29, 1.82) is 0 Å². The maximum atomic E-state index is 13.0. The van der Waals surface area contributed by atoms with Gasteiger partial charge in [0, 0.05) is 10.9 Å². The standard InChI is InChI=1S/C21H28N2O4S/c24-18(13-8-3-4-9-14(13)21(26)27)23-20-17(15-10-5-11-16(15)28-20)19(25)22-12-6-1-2-7-12/h12-14H,1-11H2,(H,22,25)(H,23,24)(H,26,27)/t13-,14+/m1/s1. The van der Waals surface area contributed by atoms with Crippen LogP contribution in [0.1, 0.15) is 78.6 Å². The molecule has 0 saturated heterocycles. The quantitative estimate of drug-likeness (QED) is 0.697. The Morgan fingerprint density at radius 3 is 2.29 bits per heavy atom. The molecule has 0 aromatic carbocycles. The fourth-order valence-corrected chi connectivity index (χ4v) is 6.29. The lowest BCUT2D eigenvalue weighted by Crippen LogP contribution is -2.37. The lowest BCUT2D eigenvalue weighted by molar-refractivity contribution is -0.147. The number of thiophene rings is 1. The Bertz CT molecular complexity index is 782. The summed E-state index contributed by atoms with van der Waals surface area (Å²) in [6.07, 6.45) is 10.1. The van der Waals surface area contributed by atoms with Crippen LogP contribution in [-0.4, -0.2) is 28.9 Å². The molecule has 1 heterocycles. The van der Waals surface area contributed by atoms with Crippen LogP contribution in [0.25, 0.3) is 0 Å². The van der Waals surface area contributed by atoms with E-state index < -0.39 is 17.8 Å². The highest BCUT2D eigenvalue weighted by Gasteiger charge is 2.37. The molecule has 0 aliphatic heterocycles. The first-order valence-electron chi connectivity index (χ1n) is 10.5. The Hall–Kier alpha value is -1.89. The summed E-state index contributed by atoms with van der Waals surface area (Å²) >= 11 is 1.50. The van der Waals surface area contributed by atoms with Crippen LogP contribution in [0.2, 0.25) is 0 Å². The molecule has 0 unspecified atom stereocenters. The first kappa shape index (κ1) is 19.4. The molecule has 2 fully saturated rings. The predicted octanol–water partition coefficient (Wildman–Crippen LogP) is 3.74.